The number of fused-ring (bicyclic) bond motifs is 3. The number of benzene rings is 6. The lowest BCUT2D eigenvalue weighted by Gasteiger charge is -2.32. The zero-order valence-electron chi connectivity index (χ0n) is 29.7. The van der Waals surface area contributed by atoms with Gasteiger partial charge in [0, 0.05) is 42.7 Å². The Morgan fingerprint density at radius 2 is 1.31 bits per heavy atom. The van der Waals surface area contributed by atoms with E-state index < -0.39 is 0 Å². The van der Waals surface area contributed by atoms with Crippen LogP contribution in [0.25, 0.3) is 48.0 Å². The minimum Gasteiger partial charge on any atom is -0.314 e. The Kier molecular flexibility index (Phi) is 9.16. The first-order valence-electron chi connectivity index (χ1n) is 17.9. The summed E-state index contributed by atoms with van der Waals surface area (Å²) in [6.45, 7) is 8.79. The van der Waals surface area contributed by atoms with Gasteiger partial charge in [0.25, 0.3) is 0 Å². The van der Waals surface area contributed by atoms with Gasteiger partial charge in [-0.05, 0) is 101 Å². The van der Waals surface area contributed by atoms with Gasteiger partial charge >= 0.3 is 0 Å². The molecule has 252 valence electrons. The number of thiophene rings is 1. The third-order valence-corrected chi connectivity index (χ3v) is 11.4. The fourth-order valence-electron chi connectivity index (χ4n) is 7.27. The topological polar surface area (TPSA) is 3.24 Å². The summed E-state index contributed by atoms with van der Waals surface area (Å²) in [7, 11) is 0. The van der Waals surface area contributed by atoms with Crippen LogP contribution in [0.5, 0.6) is 0 Å². The largest absolute Gasteiger partial charge is 0.314 e. The molecule has 0 saturated heterocycles. The van der Waals surface area contributed by atoms with Gasteiger partial charge in [0.05, 0.1) is 0 Å². The molecule has 2 heteroatoms. The molecule has 8 rings (SSSR count). The van der Waals surface area contributed by atoms with Crippen LogP contribution in [0.1, 0.15) is 31.4 Å². The van der Waals surface area contributed by atoms with Crippen molar-refractivity contribution < 1.29 is 0 Å². The summed E-state index contributed by atoms with van der Waals surface area (Å²) in [5.41, 5.74) is 11.6. The summed E-state index contributed by atoms with van der Waals surface area (Å²) < 4.78 is 2.62. The minimum atomic E-state index is -0.116. The third-order valence-electron chi connectivity index (χ3n) is 10.2. The second-order valence-electron chi connectivity index (χ2n) is 13.7. The predicted molar refractivity (Wildman–Crippen MR) is 227 cm³/mol. The molecule has 0 radical (unpaired) electrons. The smallest absolute Gasteiger partial charge is 0.0467 e. The van der Waals surface area contributed by atoms with Gasteiger partial charge in [0.1, 0.15) is 0 Å². The molecule has 1 aromatic heterocycles. The predicted octanol–water partition coefficient (Wildman–Crippen LogP) is 14.5. The fraction of sp³-hybridized carbons (Fsp3) is 0.0800. The number of rotatable bonds is 9. The van der Waals surface area contributed by atoms with Crippen LogP contribution in [-0.2, 0) is 5.41 Å². The first-order valence-corrected chi connectivity index (χ1v) is 18.7. The van der Waals surface area contributed by atoms with E-state index in [2.05, 4.69) is 207 Å². The average molecular weight is 688 g/mol. The lowest BCUT2D eigenvalue weighted by molar-refractivity contribution is 0.600. The molecule has 0 amide bonds. The summed E-state index contributed by atoms with van der Waals surface area (Å²) in [5, 5.41) is 2.59. The lowest BCUT2D eigenvalue weighted by atomic mass is 9.76. The van der Waals surface area contributed by atoms with Crippen molar-refractivity contribution in [2.45, 2.75) is 25.7 Å². The van der Waals surface area contributed by atoms with E-state index in [0.29, 0.717) is 0 Å². The molecule has 0 fully saturated rings. The number of anilines is 2. The number of hydrogen-bond donors (Lipinski definition) is 0. The standard InChI is InChI=1S/C50H41NS/c1-4-37(41-26-29-49-47(34-41)46-20-12-13-21-48(46)52-49)23-22-36(2)51(44-27-24-40(25-28-44)38-16-8-5-9-17-38)45-33-42(39-18-10-6-11-19-39)32-43(35-45)50(3)30-14-7-15-31-50/h4-30,32-35H,1,31H2,2-3H3/b36-22+,37-23+/t50-/m1/s1. The molecule has 1 heterocycles. The van der Waals surface area contributed by atoms with Gasteiger partial charge in [0.15, 0.2) is 0 Å². The highest BCUT2D eigenvalue weighted by molar-refractivity contribution is 7.25. The summed E-state index contributed by atoms with van der Waals surface area (Å²) in [6.07, 6.45) is 16.3. The van der Waals surface area contributed by atoms with Gasteiger partial charge in [0.2, 0.25) is 0 Å². The van der Waals surface area contributed by atoms with Crippen molar-refractivity contribution in [3.63, 3.8) is 0 Å². The second-order valence-corrected chi connectivity index (χ2v) is 14.8. The Hall–Kier alpha value is -5.96. The van der Waals surface area contributed by atoms with Gasteiger partial charge in [-0.2, -0.15) is 0 Å². The Morgan fingerprint density at radius 3 is 2.02 bits per heavy atom. The van der Waals surface area contributed by atoms with Crippen LogP contribution < -0.4 is 4.90 Å². The van der Waals surface area contributed by atoms with E-state index >= 15 is 0 Å². The zero-order chi connectivity index (χ0) is 35.5. The monoisotopic (exact) mass is 687 g/mol. The molecule has 52 heavy (non-hydrogen) atoms. The van der Waals surface area contributed by atoms with Gasteiger partial charge in [-0.15, -0.1) is 11.3 Å². The SMILES string of the molecule is C=C/C(=C\C=C(/C)N(c1ccc(-c2ccccc2)cc1)c1cc(-c2ccccc2)cc([C@]2(C)C=CC=CC2)c1)c1ccc2sc3ccccc3c2c1. The molecule has 0 spiro atoms. The highest BCUT2D eigenvalue weighted by atomic mass is 32.1. The number of hydrogen-bond acceptors (Lipinski definition) is 2. The molecule has 0 bridgehead atoms. The van der Waals surface area contributed by atoms with E-state index in [1.54, 1.807) is 0 Å². The van der Waals surface area contributed by atoms with Gasteiger partial charge < -0.3 is 4.90 Å². The first kappa shape index (κ1) is 33.2. The summed E-state index contributed by atoms with van der Waals surface area (Å²) in [6, 6.07) is 52.8. The summed E-state index contributed by atoms with van der Waals surface area (Å²) in [4.78, 5) is 2.39. The summed E-state index contributed by atoms with van der Waals surface area (Å²) >= 11 is 1.85. The summed E-state index contributed by atoms with van der Waals surface area (Å²) in [5.74, 6) is 0. The molecule has 0 aliphatic heterocycles. The van der Waals surface area contributed by atoms with E-state index in [0.717, 1.165) is 34.6 Å². The Balaban J connectivity index is 1.26. The Labute approximate surface area is 311 Å². The van der Waals surface area contributed by atoms with E-state index in [9.17, 15) is 0 Å². The third kappa shape index (κ3) is 6.62. The highest BCUT2D eigenvalue weighted by Gasteiger charge is 2.26. The molecule has 1 aliphatic carbocycles. The molecule has 6 aromatic carbocycles. The molecular weight excluding hydrogens is 647 g/mol. The van der Waals surface area contributed by atoms with Crippen LogP contribution in [-0.4, -0.2) is 0 Å². The fourth-order valence-corrected chi connectivity index (χ4v) is 8.36. The van der Waals surface area contributed by atoms with Gasteiger partial charge in [-0.1, -0.05) is 153 Å². The Bertz CT molecular complexity index is 2510. The first-order chi connectivity index (χ1) is 25.5. The molecule has 1 nitrogen and oxygen atoms in total. The van der Waals surface area contributed by atoms with Crippen LogP contribution in [0.15, 0.2) is 200 Å². The molecule has 0 unspecified atom stereocenters. The van der Waals surface area contributed by atoms with Crippen LogP contribution in [0, 0.1) is 0 Å². The van der Waals surface area contributed by atoms with Crippen LogP contribution in [0.2, 0.25) is 0 Å². The maximum Gasteiger partial charge on any atom is 0.0467 e. The Morgan fingerprint density at radius 1 is 0.635 bits per heavy atom. The minimum absolute atomic E-state index is 0.116. The van der Waals surface area contributed by atoms with Crippen LogP contribution in [0.4, 0.5) is 11.4 Å². The number of allylic oxidation sites excluding steroid dienone is 9. The van der Waals surface area contributed by atoms with Gasteiger partial charge in [-0.25, -0.2) is 0 Å². The maximum atomic E-state index is 4.24. The maximum absolute atomic E-state index is 4.24. The van der Waals surface area contributed by atoms with Crippen molar-refractivity contribution in [3.8, 4) is 22.3 Å². The molecule has 7 aromatic rings. The van der Waals surface area contributed by atoms with Crippen molar-refractivity contribution in [3.05, 3.63) is 212 Å². The lowest BCUT2D eigenvalue weighted by Crippen LogP contribution is -2.21. The van der Waals surface area contributed by atoms with E-state index in [1.165, 1.54) is 48.0 Å². The van der Waals surface area contributed by atoms with Crippen molar-refractivity contribution in [2.24, 2.45) is 0 Å². The quantitative estimate of drug-likeness (QED) is 0.137. The van der Waals surface area contributed by atoms with E-state index in [4.69, 9.17) is 0 Å². The normalized spacial score (nSPS) is 16.0. The van der Waals surface area contributed by atoms with Crippen molar-refractivity contribution in [1.29, 1.82) is 0 Å². The second kappa shape index (κ2) is 14.3. The molecule has 1 atom stereocenters. The average Bonchev–Trinajstić information content (AvgIpc) is 3.57. The van der Waals surface area contributed by atoms with Crippen LogP contribution in [0.3, 0.4) is 0 Å². The van der Waals surface area contributed by atoms with Crippen molar-refractivity contribution in [1.82, 2.24) is 0 Å². The highest BCUT2D eigenvalue weighted by Crippen LogP contribution is 2.41. The van der Waals surface area contributed by atoms with Gasteiger partial charge in [-0.3, -0.25) is 0 Å². The van der Waals surface area contributed by atoms with Crippen molar-refractivity contribution >= 4 is 48.5 Å². The molecule has 0 N–H and O–H groups in total. The van der Waals surface area contributed by atoms with E-state index in [-0.39, 0.29) is 5.41 Å². The molecule has 0 saturated carbocycles. The van der Waals surface area contributed by atoms with Crippen molar-refractivity contribution in [2.75, 3.05) is 4.90 Å². The number of nitrogens with zero attached hydrogens (tertiary/aromatic N) is 1. The molecular formula is C50H41NS. The van der Waals surface area contributed by atoms with E-state index in [1.807, 2.05) is 17.4 Å². The van der Waals surface area contributed by atoms with Crippen LogP contribution >= 0.6 is 11.3 Å². The zero-order valence-corrected chi connectivity index (χ0v) is 30.5. The molecule has 1 aliphatic rings.